The molecular weight excluding hydrogens is 126 g/mol. The van der Waals surface area contributed by atoms with E-state index in [4.69, 9.17) is 0 Å². The Hall–Kier alpha value is -1.25. The molecule has 0 bridgehead atoms. The first-order valence-electron chi connectivity index (χ1n) is 2.92. The predicted octanol–water partition coefficient (Wildman–Crippen LogP) is 1.32. The Morgan fingerprint density at radius 1 is 1.50 bits per heavy atom. The van der Waals surface area contributed by atoms with E-state index in [0.29, 0.717) is 5.70 Å². The lowest BCUT2D eigenvalue weighted by molar-refractivity contribution is 1.39. The fourth-order valence-corrected chi connectivity index (χ4v) is 0.398. The van der Waals surface area contributed by atoms with Gasteiger partial charge in [-0.15, -0.1) is 0 Å². The van der Waals surface area contributed by atoms with Gasteiger partial charge in [0.2, 0.25) is 0 Å². The Kier molecular flexibility index (Phi) is 5.14. The zero-order valence-corrected chi connectivity index (χ0v) is 6.28. The molecular formula is C7H11N3. The number of allylic oxidation sites excluding steroid dienone is 1. The zero-order chi connectivity index (χ0) is 7.82. The zero-order valence-electron chi connectivity index (χ0n) is 6.28. The highest BCUT2D eigenvalue weighted by atomic mass is 14.8. The fraction of sp³-hybridized carbons (Fsp3) is 0.286. The Labute approximate surface area is 60.9 Å². The van der Waals surface area contributed by atoms with Crippen molar-refractivity contribution in [3.05, 3.63) is 11.9 Å². The maximum absolute atomic E-state index is 3.85. The van der Waals surface area contributed by atoms with Crippen molar-refractivity contribution >= 4 is 19.1 Å². The molecule has 0 aliphatic heterocycles. The van der Waals surface area contributed by atoms with Crippen molar-refractivity contribution in [2.45, 2.75) is 6.92 Å². The topological polar surface area (TPSA) is 37.1 Å². The monoisotopic (exact) mass is 137 g/mol. The van der Waals surface area contributed by atoms with E-state index >= 15 is 0 Å². The molecule has 0 saturated heterocycles. The van der Waals surface area contributed by atoms with Gasteiger partial charge in [-0.05, 0) is 13.6 Å². The van der Waals surface area contributed by atoms with E-state index in [1.165, 1.54) is 0 Å². The number of hydrogen-bond donors (Lipinski definition) is 0. The van der Waals surface area contributed by atoms with Gasteiger partial charge in [0.1, 0.15) is 0 Å². The van der Waals surface area contributed by atoms with E-state index in [1.54, 1.807) is 25.7 Å². The summed E-state index contributed by atoms with van der Waals surface area (Å²) in [5, 5.41) is 0. The predicted molar refractivity (Wildman–Crippen MR) is 46.2 cm³/mol. The second-order valence-corrected chi connectivity index (χ2v) is 1.51. The summed E-state index contributed by atoms with van der Waals surface area (Å²) in [4.78, 5) is 11.3. The molecule has 0 heterocycles. The van der Waals surface area contributed by atoms with Crippen LogP contribution in [0.25, 0.3) is 0 Å². The van der Waals surface area contributed by atoms with Crippen molar-refractivity contribution in [1.29, 1.82) is 0 Å². The highest BCUT2D eigenvalue weighted by molar-refractivity contribution is 5.79. The van der Waals surface area contributed by atoms with E-state index in [2.05, 4.69) is 21.7 Å². The van der Waals surface area contributed by atoms with Gasteiger partial charge in [-0.2, -0.15) is 0 Å². The van der Waals surface area contributed by atoms with Gasteiger partial charge in [0.15, 0.2) is 0 Å². The lowest BCUT2D eigenvalue weighted by Gasteiger charge is -1.85. The van der Waals surface area contributed by atoms with Gasteiger partial charge in [-0.1, -0.05) is 0 Å². The highest BCUT2D eigenvalue weighted by Gasteiger charge is 1.80. The minimum Gasteiger partial charge on any atom is -0.294 e. The first kappa shape index (κ1) is 8.75. The van der Waals surface area contributed by atoms with E-state index in [-0.39, 0.29) is 0 Å². The summed E-state index contributed by atoms with van der Waals surface area (Å²) >= 11 is 0. The molecule has 0 aromatic rings. The third-order valence-corrected chi connectivity index (χ3v) is 0.800. The average molecular weight is 137 g/mol. The Morgan fingerprint density at radius 2 is 2.20 bits per heavy atom. The molecule has 0 fully saturated rings. The van der Waals surface area contributed by atoms with Crippen LogP contribution in [0.1, 0.15) is 6.92 Å². The summed E-state index contributed by atoms with van der Waals surface area (Å²) in [5.41, 5.74) is 0.667. The minimum atomic E-state index is 0.667. The molecule has 0 radical (unpaired) electrons. The minimum absolute atomic E-state index is 0.667. The van der Waals surface area contributed by atoms with Crippen molar-refractivity contribution in [2.24, 2.45) is 15.0 Å². The first-order valence-corrected chi connectivity index (χ1v) is 2.92. The summed E-state index contributed by atoms with van der Waals surface area (Å²) in [7, 11) is 1.68. The molecule has 0 aromatic carbocycles. The molecule has 0 rings (SSSR count). The van der Waals surface area contributed by atoms with Crippen molar-refractivity contribution in [1.82, 2.24) is 0 Å². The molecule has 3 nitrogen and oxygen atoms in total. The van der Waals surface area contributed by atoms with E-state index in [0.717, 1.165) is 0 Å². The largest absolute Gasteiger partial charge is 0.294 e. The summed E-state index contributed by atoms with van der Waals surface area (Å²) < 4.78 is 0. The molecule has 0 spiro atoms. The van der Waals surface area contributed by atoms with Crippen LogP contribution in [-0.2, 0) is 0 Å². The van der Waals surface area contributed by atoms with Crippen molar-refractivity contribution in [3.8, 4) is 0 Å². The van der Waals surface area contributed by atoms with Crippen LogP contribution in [0.15, 0.2) is 26.9 Å². The maximum atomic E-state index is 3.85. The first-order chi connectivity index (χ1) is 4.85. The van der Waals surface area contributed by atoms with Crippen molar-refractivity contribution in [3.63, 3.8) is 0 Å². The molecule has 0 unspecified atom stereocenters. The van der Waals surface area contributed by atoms with Gasteiger partial charge in [-0.3, -0.25) is 15.0 Å². The van der Waals surface area contributed by atoms with Crippen LogP contribution in [-0.4, -0.2) is 26.2 Å². The lowest BCUT2D eigenvalue weighted by atomic mass is 10.5. The Morgan fingerprint density at radius 3 is 2.60 bits per heavy atom. The third kappa shape index (κ3) is 3.72. The van der Waals surface area contributed by atoms with Crippen LogP contribution < -0.4 is 0 Å². The molecule has 0 amide bonds. The number of aliphatic imine (C=N–C) groups is 3. The second kappa shape index (κ2) is 5.88. The SMILES string of the molecule is C=N/C(C=NC)=C\N=CC. The average Bonchev–Trinajstić information content (AvgIpc) is 1.98. The van der Waals surface area contributed by atoms with Crippen LogP contribution in [0, 0.1) is 0 Å². The molecule has 3 heteroatoms. The van der Waals surface area contributed by atoms with Crippen LogP contribution in [0.4, 0.5) is 0 Å². The summed E-state index contributed by atoms with van der Waals surface area (Å²) in [5.74, 6) is 0. The van der Waals surface area contributed by atoms with E-state index in [9.17, 15) is 0 Å². The van der Waals surface area contributed by atoms with Gasteiger partial charge in [-0.25, -0.2) is 0 Å². The van der Waals surface area contributed by atoms with Gasteiger partial charge < -0.3 is 0 Å². The van der Waals surface area contributed by atoms with Crippen LogP contribution in [0.3, 0.4) is 0 Å². The summed E-state index contributed by atoms with van der Waals surface area (Å²) in [6, 6.07) is 0. The van der Waals surface area contributed by atoms with Gasteiger partial charge in [0.25, 0.3) is 0 Å². The van der Waals surface area contributed by atoms with Crippen molar-refractivity contribution in [2.75, 3.05) is 7.05 Å². The second-order valence-electron chi connectivity index (χ2n) is 1.51. The van der Waals surface area contributed by atoms with Crippen LogP contribution >= 0.6 is 0 Å². The smallest absolute Gasteiger partial charge is 0.0982 e. The molecule has 0 saturated carbocycles. The summed E-state index contributed by atoms with van der Waals surface area (Å²) in [6.45, 7) is 5.18. The third-order valence-electron chi connectivity index (χ3n) is 0.800. The fourth-order valence-electron chi connectivity index (χ4n) is 0.398. The Bertz CT molecular complexity index is 177. The Balaban J connectivity index is 4.17. The summed E-state index contributed by atoms with van der Waals surface area (Å²) in [6.07, 6.45) is 4.87. The molecule has 0 N–H and O–H groups in total. The van der Waals surface area contributed by atoms with Crippen LogP contribution in [0.5, 0.6) is 0 Å². The van der Waals surface area contributed by atoms with Crippen molar-refractivity contribution < 1.29 is 0 Å². The molecule has 54 valence electrons. The quantitative estimate of drug-likeness (QED) is 0.526. The van der Waals surface area contributed by atoms with Gasteiger partial charge >= 0.3 is 0 Å². The molecule has 0 aliphatic carbocycles. The molecule has 0 aliphatic rings. The number of nitrogens with zero attached hydrogens (tertiary/aromatic N) is 3. The number of hydrogen-bond acceptors (Lipinski definition) is 3. The molecule has 10 heavy (non-hydrogen) atoms. The molecule has 0 aromatic heterocycles. The molecule has 0 atom stereocenters. The number of rotatable bonds is 3. The highest BCUT2D eigenvalue weighted by Crippen LogP contribution is 1.90. The standard InChI is InChI=1S/C7H11N3/c1-4-10-6-7(9-3)5-8-2/h4-6H,3H2,1-2H3/b7-6-,8-5?,10-4?. The van der Waals surface area contributed by atoms with Crippen LogP contribution in [0.2, 0.25) is 0 Å². The maximum Gasteiger partial charge on any atom is 0.0982 e. The van der Waals surface area contributed by atoms with Gasteiger partial charge in [0.05, 0.1) is 11.9 Å². The van der Waals surface area contributed by atoms with E-state index in [1.807, 2.05) is 6.92 Å². The lowest BCUT2D eigenvalue weighted by Crippen LogP contribution is -1.77. The van der Waals surface area contributed by atoms with Gasteiger partial charge in [0, 0.05) is 19.5 Å². The van der Waals surface area contributed by atoms with E-state index < -0.39 is 0 Å². The normalized spacial score (nSPS) is 13.2.